The first-order valence-corrected chi connectivity index (χ1v) is 26.7. The first-order valence-electron chi connectivity index (χ1n) is 25.2. The Hall–Kier alpha value is -2.33. The number of rotatable bonds is 47. The van der Waals surface area contributed by atoms with E-state index in [-0.39, 0.29) is 12.8 Å². The molecule has 3 atom stereocenters. The Bertz CT molecular complexity index is 1230. The molecule has 0 rings (SSSR count). The predicted molar refractivity (Wildman–Crippen MR) is 260 cm³/mol. The van der Waals surface area contributed by atoms with Crippen molar-refractivity contribution >= 4 is 19.8 Å². The van der Waals surface area contributed by atoms with Gasteiger partial charge in [0.1, 0.15) is 12.2 Å². The van der Waals surface area contributed by atoms with Crippen LogP contribution in [0, 0.1) is 0 Å². The molecular formula is C52H93O10P. The maximum atomic E-state index is 12.4. The summed E-state index contributed by atoms with van der Waals surface area (Å²) in [6.45, 7) is 2.17. The quantitative estimate of drug-likeness (QED) is 0.0233. The smallest absolute Gasteiger partial charge is 0.457 e. The number of carbonyl (C=O) groups excluding carboxylic acids is 2. The van der Waals surface area contributed by atoms with E-state index in [9.17, 15) is 29.3 Å². The van der Waals surface area contributed by atoms with Gasteiger partial charge >= 0.3 is 19.8 Å². The van der Waals surface area contributed by atoms with Gasteiger partial charge < -0.3 is 24.6 Å². The maximum Gasteiger partial charge on any atom is 0.472 e. The highest BCUT2D eigenvalue weighted by atomic mass is 31.2. The molecule has 0 spiro atoms. The number of allylic oxidation sites excluding steroid dienone is 10. The average Bonchev–Trinajstić information content (AvgIpc) is 3.27. The van der Waals surface area contributed by atoms with Crippen molar-refractivity contribution in [2.75, 3.05) is 26.4 Å². The lowest BCUT2D eigenvalue weighted by Crippen LogP contribution is -2.28. The molecule has 366 valence electrons. The van der Waals surface area contributed by atoms with Crippen molar-refractivity contribution in [1.82, 2.24) is 0 Å². The van der Waals surface area contributed by atoms with Gasteiger partial charge in [-0.15, -0.1) is 0 Å². The van der Waals surface area contributed by atoms with Crippen LogP contribution in [0.4, 0.5) is 0 Å². The second kappa shape index (κ2) is 47.6. The molecule has 0 aliphatic rings. The molecule has 0 saturated carbocycles. The van der Waals surface area contributed by atoms with Gasteiger partial charge in [-0.05, 0) is 83.5 Å². The molecule has 63 heavy (non-hydrogen) atoms. The van der Waals surface area contributed by atoms with Crippen LogP contribution in [0.15, 0.2) is 60.8 Å². The molecule has 0 aromatic carbocycles. The van der Waals surface area contributed by atoms with Gasteiger partial charge in [-0.25, -0.2) is 4.57 Å². The number of aliphatic hydroxyl groups is 2. The third-order valence-corrected chi connectivity index (χ3v) is 11.7. The lowest BCUT2D eigenvalue weighted by molar-refractivity contribution is -0.153. The van der Waals surface area contributed by atoms with Crippen molar-refractivity contribution in [3.05, 3.63) is 60.8 Å². The fourth-order valence-electron chi connectivity index (χ4n) is 6.80. The molecule has 0 amide bonds. The number of carbonyl (C=O) groups is 2. The second-order valence-corrected chi connectivity index (χ2v) is 18.2. The van der Waals surface area contributed by atoms with Gasteiger partial charge in [-0.2, -0.15) is 0 Å². The van der Waals surface area contributed by atoms with E-state index in [2.05, 4.69) is 74.6 Å². The number of hydrogen-bond donors (Lipinski definition) is 3. The minimum Gasteiger partial charge on any atom is -0.457 e. The van der Waals surface area contributed by atoms with Gasteiger partial charge in [0.15, 0.2) is 0 Å². The van der Waals surface area contributed by atoms with Crippen LogP contribution in [0.3, 0.4) is 0 Å². The van der Waals surface area contributed by atoms with Crippen molar-refractivity contribution in [1.29, 1.82) is 0 Å². The van der Waals surface area contributed by atoms with Crippen molar-refractivity contribution < 1.29 is 47.8 Å². The molecule has 0 aromatic rings. The zero-order valence-corrected chi connectivity index (χ0v) is 40.9. The van der Waals surface area contributed by atoms with Crippen LogP contribution < -0.4 is 0 Å². The van der Waals surface area contributed by atoms with Crippen LogP contribution >= 0.6 is 7.82 Å². The van der Waals surface area contributed by atoms with Crippen LogP contribution in [0.25, 0.3) is 0 Å². The largest absolute Gasteiger partial charge is 0.472 e. The average molecular weight is 909 g/mol. The molecule has 10 nitrogen and oxygen atoms in total. The number of phosphoric ester groups is 1. The SMILES string of the molecule is CCCCC/C=C\C/C=C\C/C=C\CCCCCCCCC(=O)OC(CO)COP(=O)(O)OCC(CO)OC(=O)CCCCCCCCCCC/C=C\C/C=C\CCCCCCC. The summed E-state index contributed by atoms with van der Waals surface area (Å²) in [5.41, 5.74) is 0. The van der Waals surface area contributed by atoms with E-state index in [1.165, 1.54) is 96.3 Å². The molecule has 0 radical (unpaired) electrons. The van der Waals surface area contributed by atoms with E-state index in [0.717, 1.165) is 83.5 Å². The van der Waals surface area contributed by atoms with Gasteiger partial charge in [-0.1, -0.05) is 184 Å². The summed E-state index contributed by atoms with van der Waals surface area (Å²) in [5, 5.41) is 19.2. The highest BCUT2D eigenvalue weighted by Crippen LogP contribution is 2.43. The van der Waals surface area contributed by atoms with Crippen LogP contribution in [0.1, 0.15) is 219 Å². The Balaban J connectivity index is 3.88. The Labute approximate surface area is 385 Å². The molecule has 0 bridgehead atoms. The summed E-state index contributed by atoms with van der Waals surface area (Å²) in [6.07, 6.45) is 54.7. The summed E-state index contributed by atoms with van der Waals surface area (Å²) in [6, 6.07) is 0. The highest BCUT2D eigenvalue weighted by molar-refractivity contribution is 7.47. The fourth-order valence-corrected chi connectivity index (χ4v) is 7.58. The van der Waals surface area contributed by atoms with E-state index in [0.29, 0.717) is 12.8 Å². The molecular weight excluding hydrogens is 816 g/mol. The molecule has 0 heterocycles. The monoisotopic (exact) mass is 909 g/mol. The van der Waals surface area contributed by atoms with Crippen LogP contribution in [-0.4, -0.2) is 65.7 Å². The Kier molecular flexibility index (Phi) is 45.9. The normalized spacial score (nSPS) is 14.2. The number of aliphatic hydroxyl groups excluding tert-OH is 2. The molecule has 0 aliphatic heterocycles. The molecule has 0 saturated heterocycles. The number of esters is 2. The van der Waals surface area contributed by atoms with Gasteiger partial charge in [0.25, 0.3) is 0 Å². The van der Waals surface area contributed by atoms with E-state index < -0.39 is 58.4 Å². The number of phosphoric acid groups is 1. The molecule has 0 aromatic heterocycles. The zero-order chi connectivity index (χ0) is 46.2. The minimum absolute atomic E-state index is 0.175. The highest BCUT2D eigenvalue weighted by Gasteiger charge is 2.27. The molecule has 0 aliphatic carbocycles. The van der Waals surface area contributed by atoms with E-state index in [1.807, 2.05) is 0 Å². The number of unbranched alkanes of at least 4 members (excludes halogenated alkanes) is 23. The lowest BCUT2D eigenvalue weighted by Gasteiger charge is -2.20. The van der Waals surface area contributed by atoms with E-state index in [4.69, 9.17) is 18.5 Å². The van der Waals surface area contributed by atoms with Crippen molar-refractivity contribution in [3.8, 4) is 0 Å². The summed E-state index contributed by atoms with van der Waals surface area (Å²) in [5.74, 6) is -1.03. The molecule has 3 N–H and O–H groups in total. The second-order valence-electron chi connectivity index (χ2n) is 16.8. The van der Waals surface area contributed by atoms with Crippen molar-refractivity contribution in [3.63, 3.8) is 0 Å². The first kappa shape index (κ1) is 60.7. The Morgan fingerprint density at radius 2 is 0.698 bits per heavy atom. The van der Waals surface area contributed by atoms with Gasteiger partial charge in [-0.3, -0.25) is 18.6 Å². The first-order chi connectivity index (χ1) is 30.8. The molecule has 3 unspecified atom stereocenters. The molecule has 11 heteroatoms. The summed E-state index contributed by atoms with van der Waals surface area (Å²) < 4.78 is 32.7. The Morgan fingerprint density at radius 1 is 0.429 bits per heavy atom. The lowest BCUT2D eigenvalue weighted by atomic mass is 10.1. The third-order valence-electron chi connectivity index (χ3n) is 10.7. The van der Waals surface area contributed by atoms with Crippen LogP contribution in [-0.2, 0) is 32.7 Å². The van der Waals surface area contributed by atoms with E-state index >= 15 is 0 Å². The van der Waals surface area contributed by atoms with Crippen LogP contribution in [0.5, 0.6) is 0 Å². The van der Waals surface area contributed by atoms with Crippen molar-refractivity contribution in [2.24, 2.45) is 0 Å². The van der Waals surface area contributed by atoms with Gasteiger partial charge in [0, 0.05) is 12.8 Å². The summed E-state index contributed by atoms with van der Waals surface area (Å²) in [7, 11) is -4.65. The third kappa shape index (κ3) is 46.0. The van der Waals surface area contributed by atoms with Gasteiger partial charge in [0.2, 0.25) is 0 Å². The van der Waals surface area contributed by atoms with Crippen LogP contribution in [0.2, 0.25) is 0 Å². The maximum absolute atomic E-state index is 12.4. The predicted octanol–water partition coefficient (Wildman–Crippen LogP) is 14.2. The summed E-state index contributed by atoms with van der Waals surface area (Å²) in [4.78, 5) is 34.7. The van der Waals surface area contributed by atoms with Crippen molar-refractivity contribution in [2.45, 2.75) is 232 Å². The zero-order valence-electron chi connectivity index (χ0n) is 40.0. The molecule has 0 fully saturated rings. The van der Waals surface area contributed by atoms with E-state index in [1.54, 1.807) is 0 Å². The standard InChI is InChI=1S/C52H93O10P/c1-3-5-7-9-11-13-15-17-19-21-23-24-26-28-30-32-34-36-38-40-42-44-52(56)62-50(46-54)48-60-63(57,58)59-47-49(45-53)61-51(55)43-41-39-37-35-33-31-29-27-25-22-20-18-16-14-12-10-8-6-4-2/h12,14-15,17-18,20-21,23,25,27,49-50,53-54H,3-11,13,16,19,22,24,26,28-48H2,1-2H3,(H,57,58)/b14-12-,17-15-,20-18-,23-21-,27-25-. The fraction of sp³-hybridized carbons (Fsp3) is 0.769. The summed E-state index contributed by atoms with van der Waals surface area (Å²) >= 11 is 0. The number of hydrogen-bond acceptors (Lipinski definition) is 9. The number of ether oxygens (including phenoxy) is 2. The van der Waals surface area contributed by atoms with Gasteiger partial charge in [0.05, 0.1) is 26.4 Å². The topological polar surface area (TPSA) is 149 Å². The minimum atomic E-state index is -4.65. The Morgan fingerprint density at radius 3 is 1.03 bits per heavy atom.